The zero-order valence-electron chi connectivity index (χ0n) is 14.2. The molecule has 0 aliphatic rings. The minimum Gasteiger partial charge on any atom is -0.383 e. The van der Waals surface area contributed by atoms with Gasteiger partial charge < -0.3 is 20.3 Å². The molecule has 1 heterocycles. The van der Waals surface area contributed by atoms with Crippen LogP contribution >= 0.6 is 0 Å². The van der Waals surface area contributed by atoms with E-state index in [0.717, 1.165) is 43.7 Å². The summed E-state index contributed by atoms with van der Waals surface area (Å²) >= 11 is 0. The maximum Gasteiger partial charge on any atom is 0.138 e. The Balaban J connectivity index is 2.62. The molecule has 120 valence electrons. The van der Waals surface area contributed by atoms with E-state index < -0.39 is 0 Å². The van der Waals surface area contributed by atoms with Crippen molar-refractivity contribution in [2.24, 2.45) is 0 Å². The van der Waals surface area contributed by atoms with E-state index in [2.05, 4.69) is 53.3 Å². The van der Waals surface area contributed by atoms with Crippen molar-refractivity contribution in [2.75, 3.05) is 58.1 Å². The minimum atomic E-state index is -0.0709. The maximum absolute atomic E-state index is 5.07. The van der Waals surface area contributed by atoms with Crippen LogP contribution < -0.4 is 10.6 Å². The number of aromatic nitrogens is 2. The first kappa shape index (κ1) is 17.7. The summed E-state index contributed by atoms with van der Waals surface area (Å²) in [5.41, 5.74) is -0.0709. The quantitative estimate of drug-likeness (QED) is 0.762. The van der Waals surface area contributed by atoms with Crippen LogP contribution in [0.4, 0.5) is 11.6 Å². The highest BCUT2D eigenvalue weighted by Gasteiger charge is 2.18. The van der Waals surface area contributed by atoms with E-state index in [4.69, 9.17) is 4.74 Å². The molecule has 1 rings (SSSR count). The van der Waals surface area contributed by atoms with Gasteiger partial charge in [-0.1, -0.05) is 20.8 Å². The Bertz CT molecular complexity index is 431. The van der Waals surface area contributed by atoms with Crippen molar-refractivity contribution in [1.82, 2.24) is 14.9 Å². The second kappa shape index (κ2) is 8.14. The summed E-state index contributed by atoms with van der Waals surface area (Å²) < 4.78 is 5.07. The molecule has 0 radical (unpaired) electrons. The lowest BCUT2D eigenvalue weighted by Gasteiger charge is -2.20. The van der Waals surface area contributed by atoms with Crippen molar-refractivity contribution in [3.8, 4) is 0 Å². The van der Waals surface area contributed by atoms with Gasteiger partial charge in [-0.3, -0.25) is 0 Å². The molecule has 6 heteroatoms. The van der Waals surface area contributed by atoms with Gasteiger partial charge in [0.05, 0.1) is 6.61 Å². The highest BCUT2D eigenvalue weighted by Crippen LogP contribution is 2.21. The van der Waals surface area contributed by atoms with Crippen LogP contribution in [-0.2, 0) is 10.2 Å². The second-order valence-electron chi connectivity index (χ2n) is 6.18. The van der Waals surface area contributed by atoms with Gasteiger partial charge in [0.15, 0.2) is 0 Å². The fourth-order valence-corrected chi connectivity index (χ4v) is 1.74. The summed E-state index contributed by atoms with van der Waals surface area (Å²) in [5.74, 6) is 2.54. The molecule has 0 amide bonds. The summed E-state index contributed by atoms with van der Waals surface area (Å²) in [7, 11) is 5.68. The van der Waals surface area contributed by atoms with Crippen molar-refractivity contribution >= 4 is 11.6 Å². The van der Waals surface area contributed by atoms with Crippen LogP contribution in [-0.4, -0.2) is 62.3 Å². The minimum absolute atomic E-state index is 0.0709. The molecule has 0 unspecified atom stereocenters. The van der Waals surface area contributed by atoms with Gasteiger partial charge in [-0.25, -0.2) is 9.97 Å². The lowest BCUT2D eigenvalue weighted by Crippen LogP contribution is -2.28. The number of hydrogen-bond donors (Lipinski definition) is 2. The molecule has 0 saturated carbocycles. The van der Waals surface area contributed by atoms with Gasteiger partial charge >= 0.3 is 0 Å². The van der Waals surface area contributed by atoms with Crippen molar-refractivity contribution in [2.45, 2.75) is 26.2 Å². The number of likely N-dealkylation sites (N-methyl/N-ethyl adjacent to an activating group) is 1. The zero-order chi connectivity index (χ0) is 15.9. The number of nitrogens with one attached hydrogen (secondary N) is 2. The summed E-state index contributed by atoms with van der Waals surface area (Å²) in [6.07, 6.45) is 0. The van der Waals surface area contributed by atoms with Gasteiger partial charge in [-0.2, -0.15) is 0 Å². The van der Waals surface area contributed by atoms with E-state index >= 15 is 0 Å². The summed E-state index contributed by atoms with van der Waals surface area (Å²) in [6, 6.07) is 1.93. The summed E-state index contributed by atoms with van der Waals surface area (Å²) in [6.45, 7) is 9.80. The van der Waals surface area contributed by atoms with Gasteiger partial charge in [-0.05, 0) is 7.05 Å². The molecule has 2 N–H and O–H groups in total. The van der Waals surface area contributed by atoms with E-state index in [1.165, 1.54) is 0 Å². The molecule has 0 saturated heterocycles. The Morgan fingerprint density at radius 1 is 1.19 bits per heavy atom. The van der Waals surface area contributed by atoms with E-state index in [1.54, 1.807) is 7.11 Å². The predicted octanol–water partition coefficient (Wildman–Crippen LogP) is 1.81. The lowest BCUT2D eigenvalue weighted by atomic mass is 9.96. The molecule has 0 fully saturated rings. The first-order valence-electron chi connectivity index (χ1n) is 7.35. The zero-order valence-corrected chi connectivity index (χ0v) is 14.2. The number of nitrogens with zero attached hydrogens (tertiary/aromatic N) is 3. The molecule has 0 aromatic carbocycles. The van der Waals surface area contributed by atoms with Gasteiger partial charge in [0.1, 0.15) is 17.5 Å². The largest absolute Gasteiger partial charge is 0.383 e. The van der Waals surface area contributed by atoms with Crippen LogP contribution in [0.15, 0.2) is 6.07 Å². The van der Waals surface area contributed by atoms with Crippen LogP contribution in [0, 0.1) is 0 Å². The number of hydrogen-bond acceptors (Lipinski definition) is 6. The lowest BCUT2D eigenvalue weighted by molar-refractivity contribution is 0.163. The van der Waals surface area contributed by atoms with E-state index in [0.29, 0.717) is 0 Å². The molecule has 0 aliphatic heterocycles. The van der Waals surface area contributed by atoms with Crippen molar-refractivity contribution in [1.29, 1.82) is 0 Å². The molecule has 0 aliphatic carbocycles. The molecule has 1 aromatic heterocycles. The molecule has 21 heavy (non-hydrogen) atoms. The first-order valence-corrected chi connectivity index (χ1v) is 7.35. The van der Waals surface area contributed by atoms with Gasteiger partial charge in [-0.15, -0.1) is 0 Å². The van der Waals surface area contributed by atoms with Crippen LogP contribution in [0.2, 0.25) is 0 Å². The smallest absolute Gasteiger partial charge is 0.138 e. The Morgan fingerprint density at radius 2 is 1.86 bits per heavy atom. The molecular formula is C15H29N5O. The Morgan fingerprint density at radius 3 is 2.43 bits per heavy atom. The average Bonchev–Trinajstić information content (AvgIpc) is 2.43. The molecule has 1 aromatic rings. The molecule has 0 atom stereocenters. The average molecular weight is 295 g/mol. The Hall–Kier alpha value is -1.40. The molecule has 6 nitrogen and oxygen atoms in total. The standard InChI is InChI=1S/C15H29N5O/c1-15(2,3)14-18-12(16-4)11-13(19-14)17-7-8-20(5)9-10-21-6/h11H,7-10H2,1-6H3,(H2,16,17,18,19). The van der Waals surface area contributed by atoms with Crippen LogP contribution in [0.3, 0.4) is 0 Å². The van der Waals surface area contributed by atoms with E-state index in [9.17, 15) is 0 Å². The monoisotopic (exact) mass is 295 g/mol. The van der Waals surface area contributed by atoms with Crippen molar-refractivity contribution in [3.63, 3.8) is 0 Å². The Kier molecular flexibility index (Phi) is 6.84. The third kappa shape index (κ3) is 6.27. The van der Waals surface area contributed by atoms with Gasteiger partial charge in [0.2, 0.25) is 0 Å². The third-order valence-corrected chi connectivity index (χ3v) is 3.13. The number of ether oxygens (including phenoxy) is 1. The fraction of sp³-hybridized carbons (Fsp3) is 0.733. The van der Waals surface area contributed by atoms with Crippen molar-refractivity contribution < 1.29 is 4.74 Å². The number of anilines is 2. The van der Waals surface area contributed by atoms with Crippen LogP contribution in [0.5, 0.6) is 0 Å². The Labute approximate surface area is 128 Å². The highest BCUT2D eigenvalue weighted by molar-refractivity contribution is 5.47. The second-order valence-corrected chi connectivity index (χ2v) is 6.18. The van der Waals surface area contributed by atoms with Crippen LogP contribution in [0.25, 0.3) is 0 Å². The van der Waals surface area contributed by atoms with E-state index in [-0.39, 0.29) is 5.41 Å². The third-order valence-electron chi connectivity index (χ3n) is 3.13. The fourth-order valence-electron chi connectivity index (χ4n) is 1.74. The highest BCUT2D eigenvalue weighted by atomic mass is 16.5. The maximum atomic E-state index is 5.07. The molecular weight excluding hydrogens is 266 g/mol. The summed E-state index contributed by atoms with van der Waals surface area (Å²) in [4.78, 5) is 11.3. The topological polar surface area (TPSA) is 62.3 Å². The first-order chi connectivity index (χ1) is 9.86. The predicted molar refractivity (Wildman–Crippen MR) is 88.1 cm³/mol. The van der Waals surface area contributed by atoms with Crippen LogP contribution in [0.1, 0.15) is 26.6 Å². The summed E-state index contributed by atoms with van der Waals surface area (Å²) in [5, 5.41) is 6.45. The van der Waals surface area contributed by atoms with Crippen molar-refractivity contribution in [3.05, 3.63) is 11.9 Å². The van der Waals surface area contributed by atoms with Gasteiger partial charge in [0.25, 0.3) is 0 Å². The SMILES string of the molecule is CNc1cc(NCCN(C)CCOC)nc(C(C)(C)C)n1. The number of rotatable bonds is 8. The van der Waals surface area contributed by atoms with E-state index in [1.807, 2.05) is 13.1 Å². The normalized spacial score (nSPS) is 11.8. The molecule has 0 bridgehead atoms. The number of methoxy groups -OCH3 is 1. The van der Waals surface area contributed by atoms with Gasteiger partial charge in [0, 0.05) is 45.3 Å². The molecule has 0 spiro atoms.